The number of nitrogens with one attached hydrogen (secondary N) is 1. The van der Waals surface area contributed by atoms with Crippen molar-refractivity contribution >= 4 is 5.91 Å². The molecule has 2 heterocycles. The van der Waals surface area contributed by atoms with Crippen molar-refractivity contribution in [3.8, 4) is 0 Å². The third-order valence-electron chi connectivity index (χ3n) is 12.0. The number of hydrogen-bond donors (Lipinski definition) is 9. The maximum atomic E-state index is 13.1. The van der Waals surface area contributed by atoms with Crippen LogP contribution < -0.4 is 5.32 Å². The van der Waals surface area contributed by atoms with Crippen LogP contribution in [0.1, 0.15) is 168 Å². The fourth-order valence-corrected chi connectivity index (χ4v) is 7.88. The number of amides is 1. The summed E-state index contributed by atoms with van der Waals surface area (Å²) in [5, 5.41) is 86.5. The Hall–Kier alpha value is -2.05. The largest absolute Gasteiger partial charge is 0.394 e. The van der Waals surface area contributed by atoms with Gasteiger partial charge in [-0.3, -0.25) is 4.79 Å². The van der Waals surface area contributed by atoms with Gasteiger partial charge in [0.25, 0.3) is 0 Å². The number of hydrogen-bond acceptors (Lipinski definition) is 13. The van der Waals surface area contributed by atoms with E-state index in [0.29, 0.717) is 6.42 Å². The molecule has 0 radical (unpaired) electrons. The molecule has 14 nitrogen and oxygen atoms in total. The van der Waals surface area contributed by atoms with E-state index < -0.39 is 86.8 Å². The van der Waals surface area contributed by atoms with Crippen molar-refractivity contribution < 1.29 is 64.6 Å². The zero-order valence-corrected chi connectivity index (χ0v) is 39.3. The summed E-state index contributed by atoms with van der Waals surface area (Å²) < 4.78 is 22.6. The molecule has 2 saturated heterocycles. The minimum atomic E-state index is -1.79. The van der Waals surface area contributed by atoms with Crippen LogP contribution in [0.5, 0.6) is 0 Å². The van der Waals surface area contributed by atoms with Crippen LogP contribution in [-0.4, -0.2) is 140 Å². The first-order valence-corrected chi connectivity index (χ1v) is 24.9. The van der Waals surface area contributed by atoms with Gasteiger partial charge in [-0.1, -0.05) is 152 Å². The van der Waals surface area contributed by atoms with Crippen molar-refractivity contribution in [2.45, 2.75) is 242 Å². The van der Waals surface area contributed by atoms with E-state index in [0.717, 1.165) is 77.0 Å². The number of unbranched alkanes of at least 4 members (excludes halogenated alkanes) is 18. The number of carbonyl (C=O) groups is 1. The Morgan fingerprint density at radius 1 is 0.562 bits per heavy atom. The molecule has 1 amide bonds. The van der Waals surface area contributed by atoms with Gasteiger partial charge >= 0.3 is 0 Å². The average Bonchev–Trinajstić information content (AvgIpc) is 3.29. The lowest BCUT2D eigenvalue weighted by Gasteiger charge is -2.46. The molecule has 372 valence electrons. The van der Waals surface area contributed by atoms with E-state index in [2.05, 4.69) is 55.6 Å². The number of aliphatic hydroxyl groups is 8. The van der Waals surface area contributed by atoms with Crippen LogP contribution in [-0.2, 0) is 23.7 Å². The van der Waals surface area contributed by atoms with Crippen LogP contribution in [0.15, 0.2) is 48.6 Å². The van der Waals surface area contributed by atoms with Crippen molar-refractivity contribution in [3.05, 3.63) is 48.6 Å². The Morgan fingerprint density at radius 2 is 1.03 bits per heavy atom. The summed E-state index contributed by atoms with van der Waals surface area (Å²) in [5.74, 6) is -0.257. The van der Waals surface area contributed by atoms with Gasteiger partial charge in [0, 0.05) is 6.42 Å². The molecule has 0 spiro atoms. The second-order valence-corrected chi connectivity index (χ2v) is 17.6. The summed E-state index contributed by atoms with van der Waals surface area (Å²) in [6.45, 7) is 2.71. The van der Waals surface area contributed by atoms with Crippen LogP contribution in [0.3, 0.4) is 0 Å². The summed E-state index contributed by atoms with van der Waals surface area (Å²) in [6.07, 6.45) is 25.9. The number of carbonyl (C=O) groups excluding carboxylic acids is 1. The van der Waals surface area contributed by atoms with Crippen molar-refractivity contribution in [2.75, 3.05) is 19.8 Å². The molecule has 0 aromatic heterocycles. The predicted molar refractivity (Wildman–Crippen MR) is 249 cm³/mol. The van der Waals surface area contributed by atoms with Crippen molar-refractivity contribution in [3.63, 3.8) is 0 Å². The highest BCUT2D eigenvalue weighted by atomic mass is 16.7. The summed E-state index contributed by atoms with van der Waals surface area (Å²) in [7, 11) is 0. The Bertz CT molecular complexity index is 1260. The molecule has 12 unspecified atom stereocenters. The van der Waals surface area contributed by atoms with Gasteiger partial charge in [-0.2, -0.15) is 0 Å². The van der Waals surface area contributed by atoms with E-state index in [1.807, 2.05) is 6.08 Å². The maximum absolute atomic E-state index is 13.1. The summed E-state index contributed by atoms with van der Waals surface area (Å²) in [5.41, 5.74) is 0. The normalized spacial score (nSPS) is 27.7. The first-order chi connectivity index (χ1) is 31.1. The third kappa shape index (κ3) is 24.1. The Balaban J connectivity index is 1.81. The molecule has 2 aliphatic heterocycles. The van der Waals surface area contributed by atoms with Gasteiger partial charge in [0.05, 0.1) is 32.0 Å². The van der Waals surface area contributed by atoms with Gasteiger partial charge < -0.3 is 65.1 Å². The lowest BCUT2D eigenvalue weighted by atomic mass is 9.97. The molecule has 0 bridgehead atoms. The van der Waals surface area contributed by atoms with Crippen molar-refractivity contribution in [1.29, 1.82) is 0 Å². The predicted octanol–water partition coefficient (Wildman–Crippen LogP) is 6.10. The molecule has 64 heavy (non-hydrogen) atoms. The van der Waals surface area contributed by atoms with Gasteiger partial charge in [-0.15, -0.1) is 0 Å². The lowest BCUT2D eigenvalue weighted by molar-refractivity contribution is -0.359. The van der Waals surface area contributed by atoms with E-state index in [-0.39, 0.29) is 18.9 Å². The molecular weight excluding hydrogens is 823 g/mol. The topological polar surface area (TPSA) is 228 Å². The van der Waals surface area contributed by atoms with E-state index in [4.69, 9.17) is 18.9 Å². The highest BCUT2D eigenvalue weighted by Crippen LogP contribution is 2.30. The highest BCUT2D eigenvalue weighted by Gasteiger charge is 2.51. The fraction of sp³-hybridized carbons (Fsp3) is 0.820. The minimum absolute atomic E-state index is 0.257. The molecule has 0 aromatic rings. The molecule has 12 atom stereocenters. The fourth-order valence-electron chi connectivity index (χ4n) is 7.88. The second-order valence-electron chi connectivity index (χ2n) is 17.6. The molecule has 0 saturated carbocycles. The SMILES string of the molecule is CCCCCCC/C=C\C/C=C\C/C=C\CCCCCCCCC(=O)NC(COC1OC(CO)C(OC2OC(CO)C(O)C(O)C2O)C(O)C1O)C(O)/C=C/CCCCCCCCC. The van der Waals surface area contributed by atoms with Crippen molar-refractivity contribution in [2.24, 2.45) is 0 Å². The summed E-state index contributed by atoms with van der Waals surface area (Å²) in [6, 6.07) is -0.920. The molecule has 2 aliphatic rings. The van der Waals surface area contributed by atoms with Crippen molar-refractivity contribution in [1.82, 2.24) is 5.32 Å². The number of rotatable bonds is 37. The van der Waals surface area contributed by atoms with E-state index in [1.54, 1.807) is 6.08 Å². The zero-order chi connectivity index (χ0) is 46.8. The Labute approximate surface area is 384 Å². The highest BCUT2D eigenvalue weighted by molar-refractivity contribution is 5.76. The monoisotopic (exact) mass is 912 g/mol. The minimum Gasteiger partial charge on any atom is -0.394 e. The molecule has 2 fully saturated rings. The zero-order valence-electron chi connectivity index (χ0n) is 39.3. The van der Waals surface area contributed by atoms with Gasteiger partial charge in [-0.25, -0.2) is 0 Å². The third-order valence-corrected chi connectivity index (χ3v) is 12.0. The molecular formula is C50H89NO13. The Kier molecular flexibility index (Phi) is 33.6. The van der Waals surface area contributed by atoms with Crippen LogP contribution in [0.25, 0.3) is 0 Å². The van der Waals surface area contributed by atoms with Crippen LogP contribution in [0.4, 0.5) is 0 Å². The quantitative estimate of drug-likeness (QED) is 0.0254. The van der Waals surface area contributed by atoms with E-state index in [9.17, 15) is 45.6 Å². The van der Waals surface area contributed by atoms with Crippen LogP contribution >= 0.6 is 0 Å². The summed E-state index contributed by atoms with van der Waals surface area (Å²) >= 11 is 0. The lowest BCUT2D eigenvalue weighted by Crippen LogP contribution is -2.65. The van der Waals surface area contributed by atoms with Gasteiger partial charge in [0.2, 0.25) is 5.91 Å². The van der Waals surface area contributed by atoms with E-state index in [1.165, 1.54) is 64.2 Å². The van der Waals surface area contributed by atoms with Gasteiger partial charge in [0.1, 0.15) is 48.8 Å². The molecule has 0 aromatic carbocycles. The number of aliphatic hydroxyl groups excluding tert-OH is 8. The number of allylic oxidation sites excluding steroid dienone is 7. The smallest absolute Gasteiger partial charge is 0.220 e. The average molecular weight is 912 g/mol. The number of ether oxygens (including phenoxy) is 4. The first-order valence-electron chi connectivity index (χ1n) is 24.9. The second kappa shape index (κ2) is 37.0. The molecule has 0 aliphatic carbocycles. The molecule has 14 heteroatoms. The van der Waals surface area contributed by atoms with Gasteiger partial charge in [0.15, 0.2) is 12.6 Å². The standard InChI is InChI=1S/C50H89NO13/c1-3-5-7-9-11-13-14-15-16-17-18-19-20-21-22-23-24-26-28-30-32-34-42(55)51-38(39(54)33-31-29-27-25-12-10-8-6-4-2)37-61-49-47(60)45(58)48(41(36-53)63-49)64-50-46(59)44(57)43(56)40(35-52)62-50/h14-15,17-18,20-21,31,33,38-41,43-50,52-54,56-60H,3-13,16,19,22-30,32,34-37H2,1-2H3,(H,51,55)/b15-14-,18-17-,21-20-,33-31+. The van der Waals surface area contributed by atoms with Gasteiger partial charge in [-0.05, 0) is 57.8 Å². The van der Waals surface area contributed by atoms with Crippen LogP contribution in [0, 0.1) is 0 Å². The molecule has 9 N–H and O–H groups in total. The summed E-state index contributed by atoms with van der Waals surface area (Å²) in [4.78, 5) is 13.1. The van der Waals surface area contributed by atoms with E-state index >= 15 is 0 Å². The van der Waals surface area contributed by atoms with Crippen LogP contribution in [0.2, 0.25) is 0 Å². The molecule has 2 rings (SSSR count). The Morgan fingerprint density at radius 3 is 1.58 bits per heavy atom. The maximum Gasteiger partial charge on any atom is 0.220 e. The first kappa shape index (κ1) is 58.1.